The quantitative estimate of drug-likeness (QED) is 0.516. The third-order valence-corrected chi connectivity index (χ3v) is 8.85. The van der Waals surface area contributed by atoms with Crippen LogP contribution in [0.25, 0.3) is 11.3 Å². The van der Waals surface area contributed by atoms with E-state index in [1.54, 1.807) is 5.56 Å². The standard InChI is InChI=1S/C24H30NOP/c1-5-24(6-2,27-26)21-9-7-8-20(25-21)17-10-11-18-19(16-17)23(4)14-12-22(18,3)13-15-23/h7-11,16H,5-6,12-15H2,1-4H3. The number of rotatable bonds is 5. The second-order valence-electron chi connectivity index (χ2n) is 9.12. The van der Waals surface area contributed by atoms with E-state index in [9.17, 15) is 4.57 Å². The number of pyridine rings is 1. The summed E-state index contributed by atoms with van der Waals surface area (Å²) in [5.74, 6) is 0. The molecule has 0 aliphatic heterocycles. The fourth-order valence-corrected chi connectivity index (χ4v) is 5.74. The van der Waals surface area contributed by atoms with Crippen LogP contribution in [0.3, 0.4) is 0 Å². The normalized spacial score (nSPS) is 27.0. The molecule has 0 atom stereocenters. The number of hydrogen-bond donors (Lipinski definition) is 0. The highest BCUT2D eigenvalue weighted by Gasteiger charge is 2.47. The lowest BCUT2D eigenvalue weighted by Gasteiger charge is -2.52. The molecule has 1 saturated carbocycles. The third kappa shape index (κ3) is 2.80. The number of nitrogens with zero attached hydrogens (tertiary/aromatic N) is 1. The summed E-state index contributed by atoms with van der Waals surface area (Å²) in [6.45, 7) is 9.07. The maximum absolute atomic E-state index is 12.0. The van der Waals surface area contributed by atoms with Gasteiger partial charge in [0.25, 0.3) is 0 Å². The minimum absolute atomic E-state index is 0.164. The van der Waals surface area contributed by atoms with Gasteiger partial charge in [0.15, 0.2) is 8.46 Å². The molecule has 0 amide bonds. The van der Waals surface area contributed by atoms with Crippen LogP contribution in [0, 0.1) is 0 Å². The Labute approximate surface area is 165 Å². The second kappa shape index (κ2) is 6.52. The van der Waals surface area contributed by atoms with Gasteiger partial charge in [0, 0.05) is 5.56 Å². The number of fused-ring (bicyclic) bond motifs is 2. The molecule has 1 heterocycles. The lowest BCUT2D eigenvalue weighted by Crippen LogP contribution is -2.44. The Morgan fingerprint density at radius 1 is 0.963 bits per heavy atom. The van der Waals surface area contributed by atoms with Crippen LogP contribution in [0.5, 0.6) is 0 Å². The summed E-state index contributed by atoms with van der Waals surface area (Å²) in [5.41, 5.74) is 6.88. The van der Waals surface area contributed by atoms with E-state index >= 15 is 0 Å². The fourth-order valence-electron chi connectivity index (χ4n) is 5.26. The molecule has 0 unspecified atom stereocenters. The molecule has 1 fully saturated rings. The molecule has 0 N–H and O–H groups in total. The molecule has 0 saturated heterocycles. The molecule has 142 valence electrons. The molecule has 0 radical (unpaired) electrons. The van der Waals surface area contributed by atoms with Crippen LogP contribution in [-0.2, 0) is 20.6 Å². The zero-order chi connectivity index (χ0) is 19.3. The monoisotopic (exact) mass is 379 g/mol. The molecule has 3 heteroatoms. The average Bonchev–Trinajstić information content (AvgIpc) is 2.72. The summed E-state index contributed by atoms with van der Waals surface area (Å²) in [6.07, 6.45) is 6.84. The van der Waals surface area contributed by atoms with Gasteiger partial charge in [-0.2, -0.15) is 0 Å². The van der Waals surface area contributed by atoms with Crippen molar-refractivity contribution < 1.29 is 4.57 Å². The fraction of sp³-hybridized carbons (Fsp3) is 0.542. The first kappa shape index (κ1) is 18.8. The van der Waals surface area contributed by atoms with Crippen molar-refractivity contribution in [3.8, 4) is 11.3 Å². The lowest BCUT2D eigenvalue weighted by molar-refractivity contribution is 0.188. The third-order valence-electron chi connectivity index (χ3n) is 7.64. The van der Waals surface area contributed by atoms with Gasteiger partial charge in [-0.05, 0) is 78.7 Å². The Morgan fingerprint density at radius 2 is 1.59 bits per heavy atom. The summed E-state index contributed by atoms with van der Waals surface area (Å²) in [4.78, 5) is 4.97. The van der Waals surface area contributed by atoms with Crippen molar-refractivity contribution in [2.75, 3.05) is 0 Å². The van der Waals surface area contributed by atoms with Crippen LogP contribution in [-0.4, -0.2) is 4.98 Å². The van der Waals surface area contributed by atoms with Crippen LogP contribution in [0.4, 0.5) is 0 Å². The highest BCUT2D eigenvalue weighted by atomic mass is 31.1. The maximum Gasteiger partial charge on any atom is 0.168 e. The predicted octanol–water partition coefficient (Wildman–Crippen LogP) is 7.16. The second-order valence-corrected chi connectivity index (χ2v) is 10.2. The van der Waals surface area contributed by atoms with E-state index in [1.807, 2.05) is 6.07 Å². The Kier molecular flexibility index (Phi) is 4.54. The minimum atomic E-state index is -0.372. The van der Waals surface area contributed by atoms with Crippen molar-refractivity contribution in [1.29, 1.82) is 0 Å². The van der Waals surface area contributed by atoms with Crippen LogP contribution in [0.2, 0.25) is 0 Å². The van der Waals surface area contributed by atoms with Gasteiger partial charge in [-0.25, -0.2) is 0 Å². The zero-order valence-corrected chi connectivity index (χ0v) is 17.9. The number of hydrogen-bond acceptors (Lipinski definition) is 2. The van der Waals surface area contributed by atoms with Gasteiger partial charge in [0.2, 0.25) is 0 Å². The SMILES string of the molecule is CCC(CC)(P=O)c1cccc(-c2ccc3c(c2)C2(C)CCC3(C)CC2)n1. The van der Waals surface area contributed by atoms with E-state index in [1.165, 1.54) is 36.8 Å². The Bertz CT molecular complexity index is 876. The van der Waals surface area contributed by atoms with Gasteiger partial charge in [-0.15, -0.1) is 0 Å². The maximum atomic E-state index is 12.0. The molecular weight excluding hydrogens is 349 g/mol. The number of aromatic nitrogens is 1. The Hall–Kier alpha value is -1.53. The highest BCUT2D eigenvalue weighted by molar-refractivity contribution is 7.25. The van der Waals surface area contributed by atoms with E-state index in [-0.39, 0.29) is 13.6 Å². The first-order chi connectivity index (χ1) is 12.9. The molecule has 0 spiro atoms. The van der Waals surface area contributed by atoms with Gasteiger partial charge >= 0.3 is 0 Å². The molecule has 2 bridgehead atoms. The van der Waals surface area contributed by atoms with Crippen molar-refractivity contribution in [1.82, 2.24) is 4.98 Å². The molecule has 2 nitrogen and oxygen atoms in total. The van der Waals surface area contributed by atoms with Gasteiger partial charge in [-0.3, -0.25) is 9.55 Å². The molecule has 2 aromatic rings. The highest BCUT2D eigenvalue weighted by Crippen LogP contribution is 2.56. The smallest absolute Gasteiger partial charge is 0.168 e. The van der Waals surface area contributed by atoms with Crippen LogP contribution in [0.15, 0.2) is 36.4 Å². The van der Waals surface area contributed by atoms with Crippen molar-refractivity contribution >= 4 is 8.46 Å². The Morgan fingerprint density at radius 3 is 2.19 bits per heavy atom. The first-order valence-corrected chi connectivity index (χ1v) is 11.2. The largest absolute Gasteiger partial charge is 0.274 e. The molecular formula is C24H30NOP. The zero-order valence-electron chi connectivity index (χ0n) is 17.0. The topological polar surface area (TPSA) is 30.0 Å². The molecule has 27 heavy (non-hydrogen) atoms. The molecule has 3 aliphatic carbocycles. The van der Waals surface area contributed by atoms with Gasteiger partial charge in [0.1, 0.15) is 0 Å². The summed E-state index contributed by atoms with van der Waals surface area (Å²) in [5, 5.41) is -0.372. The summed E-state index contributed by atoms with van der Waals surface area (Å²) in [6, 6.07) is 13.2. The molecule has 1 aromatic heterocycles. The van der Waals surface area contributed by atoms with E-state index < -0.39 is 0 Å². The van der Waals surface area contributed by atoms with Gasteiger partial charge in [-0.1, -0.05) is 45.9 Å². The predicted molar refractivity (Wildman–Crippen MR) is 113 cm³/mol. The van der Waals surface area contributed by atoms with Crippen molar-refractivity contribution in [2.45, 2.75) is 82.2 Å². The van der Waals surface area contributed by atoms with Gasteiger partial charge in [0.05, 0.1) is 16.5 Å². The van der Waals surface area contributed by atoms with E-state index in [2.05, 4.69) is 58.0 Å². The van der Waals surface area contributed by atoms with E-state index in [0.29, 0.717) is 10.8 Å². The van der Waals surface area contributed by atoms with Crippen molar-refractivity contribution in [3.63, 3.8) is 0 Å². The van der Waals surface area contributed by atoms with Crippen LogP contribution < -0.4 is 0 Å². The van der Waals surface area contributed by atoms with E-state index in [4.69, 9.17) is 4.98 Å². The summed E-state index contributed by atoms with van der Waals surface area (Å²) >= 11 is 0. The van der Waals surface area contributed by atoms with Crippen LogP contribution in [0.1, 0.15) is 83.0 Å². The van der Waals surface area contributed by atoms with Gasteiger partial charge < -0.3 is 0 Å². The minimum Gasteiger partial charge on any atom is -0.274 e. The molecule has 5 rings (SSSR count). The number of benzene rings is 1. The van der Waals surface area contributed by atoms with Crippen molar-refractivity contribution in [3.05, 3.63) is 53.2 Å². The Balaban J connectivity index is 1.81. The molecule has 1 aromatic carbocycles. The molecule has 3 aliphatic rings. The van der Waals surface area contributed by atoms with Crippen molar-refractivity contribution in [2.24, 2.45) is 0 Å². The van der Waals surface area contributed by atoms with Crippen LogP contribution >= 0.6 is 8.46 Å². The first-order valence-electron chi connectivity index (χ1n) is 10.4. The lowest BCUT2D eigenvalue weighted by atomic mass is 9.52. The van der Waals surface area contributed by atoms with E-state index in [0.717, 1.165) is 24.2 Å². The summed E-state index contributed by atoms with van der Waals surface area (Å²) in [7, 11) is 0.164. The average molecular weight is 379 g/mol. The summed E-state index contributed by atoms with van der Waals surface area (Å²) < 4.78 is 12.0.